The van der Waals surface area contributed by atoms with Crippen LogP contribution >= 0.6 is 0 Å². The summed E-state index contributed by atoms with van der Waals surface area (Å²) in [5.41, 5.74) is 0.443. The van der Waals surface area contributed by atoms with Crippen LogP contribution in [0.25, 0.3) is 0 Å². The van der Waals surface area contributed by atoms with Crippen LogP contribution in [0.5, 0.6) is 5.88 Å². The van der Waals surface area contributed by atoms with Crippen molar-refractivity contribution in [1.82, 2.24) is 9.29 Å². The van der Waals surface area contributed by atoms with Gasteiger partial charge in [0, 0.05) is 12.6 Å². The Balaban J connectivity index is 1.81. The predicted molar refractivity (Wildman–Crippen MR) is 89.5 cm³/mol. The molecule has 1 unspecified atom stereocenters. The lowest BCUT2D eigenvalue weighted by Gasteiger charge is -2.17. The van der Waals surface area contributed by atoms with E-state index in [0.29, 0.717) is 5.56 Å². The fourth-order valence-corrected chi connectivity index (χ4v) is 4.67. The average Bonchev–Trinajstić information content (AvgIpc) is 2.95. The maximum Gasteiger partial charge on any atom is 0.286 e. The molecule has 1 fully saturated rings. The normalized spacial score (nSPS) is 18.9. The van der Waals surface area contributed by atoms with E-state index >= 15 is 0 Å². The lowest BCUT2D eigenvalue weighted by molar-refractivity contribution is 0.0788. The number of pyridine rings is 1. The molecule has 1 aliphatic heterocycles. The van der Waals surface area contributed by atoms with E-state index in [9.17, 15) is 22.0 Å². The summed E-state index contributed by atoms with van der Waals surface area (Å²) in [7, 11) is -3.88. The summed E-state index contributed by atoms with van der Waals surface area (Å²) >= 11 is 0. The van der Waals surface area contributed by atoms with Gasteiger partial charge in [0.2, 0.25) is 15.9 Å². The second-order valence-corrected chi connectivity index (χ2v) is 7.71. The molecule has 1 amide bonds. The maximum absolute atomic E-state index is 12.8. The Bertz CT molecular complexity index is 891. The van der Waals surface area contributed by atoms with Gasteiger partial charge in [0.1, 0.15) is 10.9 Å². The van der Waals surface area contributed by atoms with Gasteiger partial charge in [-0.05, 0) is 18.1 Å². The molecule has 1 atom stereocenters. The minimum atomic E-state index is -3.88. The summed E-state index contributed by atoms with van der Waals surface area (Å²) in [5, 5.41) is -0.800. The number of halogens is 2. The number of sulfonamides is 1. The van der Waals surface area contributed by atoms with Gasteiger partial charge in [-0.2, -0.15) is 0 Å². The van der Waals surface area contributed by atoms with Crippen LogP contribution in [0.3, 0.4) is 0 Å². The Labute approximate surface area is 149 Å². The largest absolute Gasteiger partial charge is 0.472 e. The van der Waals surface area contributed by atoms with E-state index in [1.54, 1.807) is 30.3 Å². The zero-order chi connectivity index (χ0) is 18.7. The second kappa shape index (κ2) is 7.36. The summed E-state index contributed by atoms with van der Waals surface area (Å²) in [4.78, 5) is 16.5. The number of amides is 1. The number of benzene rings is 1. The number of hydrogen-bond donors (Lipinski definition) is 0. The fourth-order valence-electron chi connectivity index (χ4n) is 2.78. The monoisotopic (exact) mass is 382 g/mol. The summed E-state index contributed by atoms with van der Waals surface area (Å²) in [6.45, 7) is -0.826. The van der Waals surface area contributed by atoms with Gasteiger partial charge < -0.3 is 4.74 Å². The molecular formula is C17H16F2N2O4S. The van der Waals surface area contributed by atoms with Crippen molar-refractivity contribution in [3.8, 4) is 5.88 Å². The van der Waals surface area contributed by atoms with Crippen molar-refractivity contribution < 1.29 is 26.7 Å². The first-order valence-corrected chi connectivity index (χ1v) is 9.39. The third-order valence-electron chi connectivity index (χ3n) is 3.96. The molecular weight excluding hydrogens is 366 g/mol. The molecule has 26 heavy (non-hydrogen) atoms. The Hall–Kier alpha value is -2.55. The van der Waals surface area contributed by atoms with Crippen LogP contribution in [0, 0.1) is 0 Å². The molecule has 1 saturated heterocycles. The Morgan fingerprint density at radius 2 is 1.92 bits per heavy atom. The van der Waals surface area contributed by atoms with Gasteiger partial charge in [0.05, 0.1) is 0 Å². The van der Waals surface area contributed by atoms with Crippen molar-refractivity contribution in [1.29, 1.82) is 0 Å². The topological polar surface area (TPSA) is 76.6 Å². The molecule has 1 aromatic carbocycles. The van der Waals surface area contributed by atoms with E-state index in [1.165, 1.54) is 18.2 Å². The van der Waals surface area contributed by atoms with Gasteiger partial charge in [-0.15, -0.1) is 0 Å². The van der Waals surface area contributed by atoms with Crippen LogP contribution < -0.4 is 4.74 Å². The lowest BCUT2D eigenvalue weighted by Crippen LogP contribution is -2.33. The minimum Gasteiger partial charge on any atom is -0.472 e. The summed E-state index contributed by atoms with van der Waals surface area (Å²) < 4.78 is 55.5. The number of carbonyl (C=O) groups excluding carboxylic acids is 1. The number of carbonyl (C=O) groups is 1. The first-order valence-electron chi connectivity index (χ1n) is 7.88. The molecule has 9 heteroatoms. The average molecular weight is 382 g/mol. The molecule has 0 bridgehead atoms. The first kappa shape index (κ1) is 18.2. The third kappa shape index (κ3) is 3.67. The highest BCUT2D eigenvalue weighted by molar-refractivity contribution is 7.90. The van der Waals surface area contributed by atoms with Crippen LogP contribution in [-0.4, -0.2) is 43.2 Å². The minimum absolute atomic E-state index is 0.0323. The maximum atomic E-state index is 12.8. The number of alkyl halides is 2. The number of rotatable bonds is 5. The molecule has 0 spiro atoms. The molecule has 0 saturated carbocycles. The number of hydrogen-bond acceptors (Lipinski definition) is 5. The van der Waals surface area contributed by atoms with Crippen LogP contribution in [-0.2, 0) is 10.0 Å². The van der Waals surface area contributed by atoms with Crippen molar-refractivity contribution in [3.05, 3.63) is 59.8 Å². The van der Waals surface area contributed by atoms with Gasteiger partial charge >= 0.3 is 0 Å². The quantitative estimate of drug-likeness (QED) is 0.795. The molecule has 2 aromatic rings. The highest BCUT2D eigenvalue weighted by Crippen LogP contribution is 2.35. The van der Waals surface area contributed by atoms with Crippen LogP contribution in [0.4, 0.5) is 8.78 Å². The van der Waals surface area contributed by atoms with Gasteiger partial charge in [-0.25, -0.2) is 26.5 Å². The van der Waals surface area contributed by atoms with Gasteiger partial charge in [-0.1, -0.05) is 36.4 Å². The SMILES string of the molecule is O=C(c1cccc(OCC(F)F)n1)N1CCC(c2ccccc2)S1(=O)=O. The van der Waals surface area contributed by atoms with E-state index in [4.69, 9.17) is 4.74 Å². The van der Waals surface area contributed by atoms with Gasteiger partial charge in [0.15, 0.2) is 6.61 Å². The Morgan fingerprint density at radius 1 is 1.19 bits per heavy atom. The molecule has 6 nitrogen and oxygen atoms in total. The lowest BCUT2D eigenvalue weighted by atomic mass is 10.1. The van der Waals surface area contributed by atoms with Crippen molar-refractivity contribution in [2.75, 3.05) is 13.2 Å². The Kier molecular flexibility index (Phi) is 5.17. The smallest absolute Gasteiger partial charge is 0.286 e. The molecule has 3 rings (SSSR count). The van der Waals surface area contributed by atoms with E-state index < -0.39 is 34.2 Å². The molecule has 0 radical (unpaired) electrons. The summed E-state index contributed by atoms with van der Waals surface area (Å²) in [6, 6.07) is 12.7. The van der Waals surface area contributed by atoms with Crippen molar-refractivity contribution >= 4 is 15.9 Å². The second-order valence-electron chi connectivity index (χ2n) is 5.67. The highest BCUT2D eigenvalue weighted by atomic mass is 32.2. The molecule has 1 aliphatic rings. The fraction of sp³-hybridized carbons (Fsp3) is 0.294. The molecule has 138 valence electrons. The van der Waals surface area contributed by atoms with Crippen LogP contribution in [0.1, 0.15) is 27.7 Å². The molecule has 0 aliphatic carbocycles. The number of ether oxygens (including phenoxy) is 1. The van der Waals surface area contributed by atoms with E-state index in [0.717, 1.165) is 4.31 Å². The van der Waals surface area contributed by atoms with Crippen molar-refractivity contribution in [2.24, 2.45) is 0 Å². The number of aromatic nitrogens is 1. The van der Waals surface area contributed by atoms with Crippen molar-refractivity contribution in [3.63, 3.8) is 0 Å². The van der Waals surface area contributed by atoms with E-state index in [1.807, 2.05) is 0 Å². The zero-order valence-electron chi connectivity index (χ0n) is 13.6. The van der Waals surface area contributed by atoms with Gasteiger partial charge in [0.25, 0.3) is 12.3 Å². The van der Waals surface area contributed by atoms with E-state index in [-0.39, 0.29) is 24.5 Å². The third-order valence-corrected chi connectivity index (χ3v) is 6.15. The van der Waals surface area contributed by atoms with Crippen molar-refractivity contribution in [2.45, 2.75) is 18.1 Å². The Morgan fingerprint density at radius 3 is 2.62 bits per heavy atom. The van der Waals surface area contributed by atoms with Crippen LogP contribution in [0.2, 0.25) is 0 Å². The first-order chi connectivity index (χ1) is 12.4. The zero-order valence-corrected chi connectivity index (χ0v) is 14.4. The molecule has 0 N–H and O–H groups in total. The van der Waals surface area contributed by atoms with Gasteiger partial charge in [-0.3, -0.25) is 4.79 Å². The highest BCUT2D eigenvalue weighted by Gasteiger charge is 2.43. The summed E-state index contributed by atoms with van der Waals surface area (Å²) in [6.07, 6.45) is -2.40. The summed E-state index contributed by atoms with van der Waals surface area (Å²) in [5.74, 6) is -0.960. The van der Waals surface area contributed by atoms with E-state index in [2.05, 4.69) is 4.98 Å². The molecule has 2 heterocycles. The number of nitrogens with zero attached hydrogens (tertiary/aromatic N) is 2. The molecule has 1 aromatic heterocycles. The van der Waals surface area contributed by atoms with Crippen LogP contribution in [0.15, 0.2) is 48.5 Å². The predicted octanol–water partition coefficient (Wildman–Crippen LogP) is 2.64. The standard InChI is InChI=1S/C17H16F2N2O4S/c18-15(19)11-25-16-8-4-7-13(20-16)17(22)21-10-9-14(26(21,23)24)12-5-2-1-3-6-12/h1-8,14-15H,9-11H2.